The summed E-state index contributed by atoms with van der Waals surface area (Å²) < 4.78 is 90.3. The highest BCUT2D eigenvalue weighted by Crippen LogP contribution is 2.46. The van der Waals surface area contributed by atoms with Crippen molar-refractivity contribution < 1.29 is 45.2 Å². The van der Waals surface area contributed by atoms with Gasteiger partial charge in [-0.1, -0.05) is 0 Å². The summed E-state index contributed by atoms with van der Waals surface area (Å²) in [6.07, 6.45) is -6.53. The van der Waals surface area contributed by atoms with Gasteiger partial charge in [-0.15, -0.1) is 0 Å². The van der Waals surface area contributed by atoms with E-state index in [1.165, 1.54) is 0 Å². The van der Waals surface area contributed by atoms with Crippen molar-refractivity contribution in [3.63, 3.8) is 0 Å². The van der Waals surface area contributed by atoms with E-state index in [9.17, 15) is 45.6 Å². The fourth-order valence-electron chi connectivity index (χ4n) is 1.26. The van der Waals surface area contributed by atoms with Gasteiger partial charge in [-0.2, -0.15) is 30.7 Å². The predicted octanol–water partition coefficient (Wildman–Crippen LogP) is 3.58. The molecule has 0 unspecified atom stereocenters. The summed E-state index contributed by atoms with van der Waals surface area (Å²) in [6, 6.07) is 3.11. The maximum absolute atomic E-state index is 12.9. The Balaban J connectivity index is 2.81. The third-order valence-corrected chi connectivity index (χ3v) is 2.51. The molecule has 0 heterocycles. The number of nitro benzene ring substituents is 1. The van der Waals surface area contributed by atoms with Gasteiger partial charge >= 0.3 is 24.0 Å². The van der Waals surface area contributed by atoms with E-state index >= 15 is 0 Å². The van der Waals surface area contributed by atoms with Crippen molar-refractivity contribution in [2.24, 2.45) is 0 Å². The van der Waals surface area contributed by atoms with E-state index in [0.717, 1.165) is 24.3 Å². The molecule has 0 bridgehead atoms. The van der Waals surface area contributed by atoms with Crippen LogP contribution in [0.4, 0.5) is 36.4 Å². The molecule has 0 saturated carbocycles. The van der Waals surface area contributed by atoms with Crippen LogP contribution in [0.15, 0.2) is 24.3 Å². The Bertz CT molecular complexity index is 597. The summed E-state index contributed by atoms with van der Waals surface area (Å²) in [6.45, 7) is -2.52. The van der Waals surface area contributed by atoms with Crippen molar-refractivity contribution >= 4 is 11.7 Å². The van der Waals surface area contributed by atoms with Crippen molar-refractivity contribution in [3.8, 4) is 0 Å². The third-order valence-electron chi connectivity index (χ3n) is 2.51. The van der Waals surface area contributed by atoms with E-state index in [4.69, 9.17) is 0 Å². The highest BCUT2D eigenvalue weighted by Gasteiger charge is 2.73. The minimum Gasteiger partial charge on any atom is -0.455 e. The first-order chi connectivity index (χ1) is 10.3. The SMILES string of the molecule is O=C(OCC(F)(F)C(F)(F)C(F)(F)F)c1ccc([N+](=O)[O-])cc1. The number of ether oxygens (including phenoxy) is 1. The molecule has 1 aromatic rings. The topological polar surface area (TPSA) is 69.4 Å². The summed E-state index contributed by atoms with van der Waals surface area (Å²) >= 11 is 0. The highest BCUT2D eigenvalue weighted by molar-refractivity contribution is 5.89. The largest absolute Gasteiger partial charge is 0.460 e. The zero-order valence-electron chi connectivity index (χ0n) is 10.7. The van der Waals surface area contributed by atoms with Crippen LogP contribution in [0.2, 0.25) is 0 Å². The second-order valence-corrected chi connectivity index (χ2v) is 4.16. The van der Waals surface area contributed by atoms with Crippen molar-refractivity contribution in [3.05, 3.63) is 39.9 Å². The average molecular weight is 349 g/mol. The first kappa shape index (κ1) is 18.6. The first-order valence-electron chi connectivity index (χ1n) is 5.53. The molecule has 0 amide bonds. The first-order valence-corrected chi connectivity index (χ1v) is 5.53. The normalized spacial score (nSPS) is 12.8. The lowest BCUT2D eigenvalue weighted by molar-refractivity contribution is -0.384. The number of alkyl halides is 7. The van der Waals surface area contributed by atoms with E-state index in [-0.39, 0.29) is 0 Å². The van der Waals surface area contributed by atoms with Gasteiger partial charge in [0.05, 0.1) is 10.5 Å². The lowest BCUT2D eigenvalue weighted by Gasteiger charge is -2.27. The molecule has 0 aromatic heterocycles. The number of nitro groups is 1. The molecule has 1 aromatic carbocycles. The maximum atomic E-state index is 12.9. The van der Waals surface area contributed by atoms with E-state index < -0.39 is 46.8 Å². The Hall–Kier alpha value is -2.40. The molecule has 0 saturated heterocycles. The molecular weight excluding hydrogens is 343 g/mol. The zero-order chi connectivity index (χ0) is 18.1. The smallest absolute Gasteiger partial charge is 0.455 e. The molecule has 128 valence electrons. The van der Waals surface area contributed by atoms with Crippen molar-refractivity contribution in [2.45, 2.75) is 18.0 Å². The van der Waals surface area contributed by atoms with Crippen molar-refractivity contribution in [1.82, 2.24) is 0 Å². The van der Waals surface area contributed by atoms with Gasteiger partial charge < -0.3 is 4.74 Å². The van der Waals surface area contributed by atoms with Crippen LogP contribution in [-0.4, -0.2) is 35.5 Å². The number of nitrogens with zero attached hydrogens (tertiary/aromatic N) is 1. The number of esters is 1. The van der Waals surface area contributed by atoms with Gasteiger partial charge in [-0.25, -0.2) is 4.79 Å². The number of hydrogen-bond acceptors (Lipinski definition) is 4. The second-order valence-electron chi connectivity index (χ2n) is 4.16. The van der Waals surface area contributed by atoms with Crippen LogP contribution in [-0.2, 0) is 4.74 Å². The molecular formula is C11H6F7NO4. The molecule has 0 radical (unpaired) electrons. The minimum absolute atomic E-state index is 0.463. The molecule has 23 heavy (non-hydrogen) atoms. The number of halogens is 7. The van der Waals surface area contributed by atoms with Crippen LogP contribution < -0.4 is 0 Å². The van der Waals surface area contributed by atoms with Gasteiger partial charge in [0.1, 0.15) is 0 Å². The van der Waals surface area contributed by atoms with Crippen LogP contribution in [0.3, 0.4) is 0 Å². The lowest BCUT2D eigenvalue weighted by atomic mass is 10.1. The van der Waals surface area contributed by atoms with Gasteiger partial charge in [0, 0.05) is 12.1 Å². The number of benzene rings is 1. The van der Waals surface area contributed by atoms with Crippen LogP contribution in [0.5, 0.6) is 0 Å². The Labute approximate surface area is 122 Å². The zero-order valence-corrected chi connectivity index (χ0v) is 10.7. The second kappa shape index (κ2) is 6.01. The standard InChI is InChI=1S/C11H6F7NO4/c12-9(13,10(14,15)11(16,17)18)5-23-8(20)6-1-3-7(4-2-6)19(21)22/h1-4H,5H2. The Morgan fingerprint density at radius 3 is 1.91 bits per heavy atom. The van der Waals surface area contributed by atoms with Gasteiger partial charge in [0.2, 0.25) is 0 Å². The molecule has 0 N–H and O–H groups in total. The summed E-state index contributed by atoms with van der Waals surface area (Å²) in [4.78, 5) is 20.8. The van der Waals surface area contributed by atoms with Crippen LogP contribution in [0.25, 0.3) is 0 Å². The number of non-ortho nitro benzene ring substituents is 1. The quantitative estimate of drug-likeness (QED) is 0.353. The van der Waals surface area contributed by atoms with Gasteiger partial charge in [0.25, 0.3) is 5.69 Å². The number of rotatable bonds is 5. The number of carbonyl (C=O) groups excluding carboxylic acids is 1. The average Bonchev–Trinajstić information content (AvgIpc) is 2.43. The van der Waals surface area contributed by atoms with Crippen LogP contribution in [0.1, 0.15) is 10.4 Å². The molecule has 0 aliphatic heterocycles. The highest BCUT2D eigenvalue weighted by atomic mass is 19.4. The van der Waals surface area contributed by atoms with Gasteiger partial charge in [-0.05, 0) is 12.1 Å². The van der Waals surface area contributed by atoms with E-state index in [1.54, 1.807) is 0 Å². The minimum atomic E-state index is -6.53. The summed E-state index contributed by atoms with van der Waals surface area (Å²) in [7, 11) is 0. The Kier molecular flexibility index (Phi) is 4.87. The summed E-state index contributed by atoms with van der Waals surface area (Å²) in [5.41, 5.74) is -1.00. The van der Waals surface area contributed by atoms with Gasteiger partial charge in [0.15, 0.2) is 6.61 Å². The molecule has 0 atom stereocenters. The van der Waals surface area contributed by atoms with Crippen molar-refractivity contribution in [2.75, 3.05) is 6.61 Å². The fourth-order valence-corrected chi connectivity index (χ4v) is 1.26. The number of carbonyl (C=O) groups is 1. The maximum Gasteiger partial charge on any atom is 0.460 e. The molecule has 12 heteroatoms. The molecule has 5 nitrogen and oxygen atoms in total. The molecule has 0 aliphatic rings. The van der Waals surface area contributed by atoms with E-state index in [0.29, 0.717) is 0 Å². The molecule has 1 rings (SSSR count). The summed E-state index contributed by atoms with van der Waals surface area (Å²) in [5.74, 6) is -13.7. The lowest BCUT2D eigenvalue weighted by Crippen LogP contribution is -2.54. The molecule has 0 spiro atoms. The van der Waals surface area contributed by atoms with Crippen LogP contribution >= 0.6 is 0 Å². The van der Waals surface area contributed by atoms with Crippen molar-refractivity contribution in [1.29, 1.82) is 0 Å². The Morgan fingerprint density at radius 2 is 1.52 bits per heavy atom. The predicted molar refractivity (Wildman–Crippen MR) is 59.3 cm³/mol. The Morgan fingerprint density at radius 1 is 1.04 bits per heavy atom. The van der Waals surface area contributed by atoms with Crippen LogP contribution in [0, 0.1) is 10.1 Å². The van der Waals surface area contributed by atoms with E-state index in [1.807, 2.05) is 0 Å². The molecule has 0 fully saturated rings. The number of hydrogen-bond donors (Lipinski definition) is 0. The monoisotopic (exact) mass is 349 g/mol. The third kappa shape index (κ3) is 3.87. The summed E-state index contributed by atoms with van der Waals surface area (Å²) in [5, 5.41) is 10.3. The molecule has 0 aliphatic carbocycles. The van der Waals surface area contributed by atoms with E-state index in [2.05, 4.69) is 4.74 Å². The van der Waals surface area contributed by atoms with Gasteiger partial charge in [-0.3, -0.25) is 10.1 Å². The fraction of sp³-hybridized carbons (Fsp3) is 0.364.